The molecule has 0 radical (unpaired) electrons. The van der Waals surface area contributed by atoms with Crippen LogP contribution in [-0.4, -0.2) is 22.8 Å². The summed E-state index contributed by atoms with van der Waals surface area (Å²) in [6.45, 7) is 4.71. The lowest BCUT2D eigenvalue weighted by Crippen LogP contribution is -2.26. The first-order valence-electron chi connectivity index (χ1n) is 6.23. The average Bonchev–Trinajstić information content (AvgIpc) is 2.78. The molecule has 2 rings (SSSR count). The third kappa shape index (κ3) is 2.96. The molecule has 0 spiro atoms. The van der Waals surface area contributed by atoms with Gasteiger partial charge < -0.3 is 15.6 Å². The number of benzene rings is 1. The number of hydrogen-bond donors (Lipinski definition) is 2. The van der Waals surface area contributed by atoms with Gasteiger partial charge in [0, 0.05) is 25.5 Å². The van der Waals surface area contributed by atoms with E-state index in [4.69, 9.17) is 5.73 Å². The smallest absolute Gasteiger partial charge is 0.270 e. The molecule has 0 saturated carbocycles. The van der Waals surface area contributed by atoms with Gasteiger partial charge in [0.25, 0.3) is 5.91 Å². The molecule has 4 nitrogen and oxygen atoms in total. The lowest BCUT2D eigenvalue weighted by molar-refractivity contribution is 0.0780. The van der Waals surface area contributed by atoms with Crippen molar-refractivity contribution in [3.05, 3.63) is 52.8 Å². The molecule has 2 aromatic rings. The van der Waals surface area contributed by atoms with Gasteiger partial charge in [-0.2, -0.15) is 0 Å². The SMILES string of the molecule is Cc1ccc(CN(C)C(=O)c2cc(N)c[nH]2)c(C)c1. The molecule has 0 aliphatic carbocycles. The molecule has 1 aromatic heterocycles. The van der Waals surface area contributed by atoms with Gasteiger partial charge in [-0.3, -0.25) is 4.79 Å². The highest BCUT2D eigenvalue weighted by atomic mass is 16.2. The Morgan fingerprint density at radius 2 is 2.05 bits per heavy atom. The van der Waals surface area contributed by atoms with Crippen molar-refractivity contribution in [2.75, 3.05) is 12.8 Å². The largest absolute Gasteiger partial charge is 0.397 e. The summed E-state index contributed by atoms with van der Waals surface area (Å²) in [6.07, 6.45) is 1.62. The fourth-order valence-electron chi connectivity index (χ4n) is 2.09. The summed E-state index contributed by atoms with van der Waals surface area (Å²) in [6, 6.07) is 7.91. The Balaban J connectivity index is 2.12. The lowest BCUT2D eigenvalue weighted by Gasteiger charge is -2.18. The maximum atomic E-state index is 12.2. The summed E-state index contributed by atoms with van der Waals surface area (Å²) in [5.41, 5.74) is 10.3. The monoisotopic (exact) mass is 257 g/mol. The minimum absolute atomic E-state index is 0.0586. The number of carbonyl (C=O) groups excluding carboxylic acids is 1. The van der Waals surface area contributed by atoms with Crippen molar-refractivity contribution >= 4 is 11.6 Å². The molecule has 0 unspecified atom stereocenters. The molecule has 1 aromatic carbocycles. The van der Waals surface area contributed by atoms with Crippen molar-refractivity contribution in [1.82, 2.24) is 9.88 Å². The fraction of sp³-hybridized carbons (Fsp3) is 0.267. The van der Waals surface area contributed by atoms with Crippen LogP contribution in [0.2, 0.25) is 0 Å². The number of hydrogen-bond acceptors (Lipinski definition) is 2. The molecule has 4 heteroatoms. The van der Waals surface area contributed by atoms with Crippen molar-refractivity contribution in [3.8, 4) is 0 Å². The molecule has 0 aliphatic rings. The zero-order valence-corrected chi connectivity index (χ0v) is 11.5. The molecular formula is C15H19N3O. The number of aryl methyl sites for hydroxylation is 2. The Labute approximate surface area is 113 Å². The second-order valence-corrected chi connectivity index (χ2v) is 4.94. The van der Waals surface area contributed by atoms with Crippen molar-refractivity contribution in [2.45, 2.75) is 20.4 Å². The van der Waals surface area contributed by atoms with Crippen molar-refractivity contribution in [1.29, 1.82) is 0 Å². The van der Waals surface area contributed by atoms with Crippen LogP contribution in [0.5, 0.6) is 0 Å². The Morgan fingerprint density at radius 1 is 1.32 bits per heavy atom. The molecule has 3 N–H and O–H groups in total. The number of nitrogens with one attached hydrogen (secondary N) is 1. The molecule has 0 aliphatic heterocycles. The number of nitrogens with two attached hydrogens (primary N) is 1. The quantitative estimate of drug-likeness (QED) is 0.887. The van der Waals surface area contributed by atoms with Gasteiger partial charge in [-0.1, -0.05) is 23.8 Å². The molecule has 1 amide bonds. The average molecular weight is 257 g/mol. The Hall–Kier alpha value is -2.23. The zero-order chi connectivity index (χ0) is 14.0. The van der Waals surface area contributed by atoms with Crippen LogP contribution >= 0.6 is 0 Å². The number of H-pyrrole nitrogens is 1. The van der Waals surface area contributed by atoms with E-state index < -0.39 is 0 Å². The second kappa shape index (κ2) is 5.18. The number of aromatic amines is 1. The lowest BCUT2D eigenvalue weighted by atomic mass is 10.1. The number of nitrogens with zero attached hydrogens (tertiary/aromatic N) is 1. The summed E-state index contributed by atoms with van der Waals surface area (Å²) in [7, 11) is 1.79. The molecule has 0 atom stereocenters. The molecule has 0 bridgehead atoms. The predicted molar refractivity (Wildman–Crippen MR) is 76.9 cm³/mol. The molecule has 19 heavy (non-hydrogen) atoms. The maximum Gasteiger partial charge on any atom is 0.270 e. The third-order valence-corrected chi connectivity index (χ3v) is 3.19. The van der Waals surface area contributed by atoms with Gasteiger partial charge >= 0.3 is 0 Å². The molecule has 1 heterocycles. The van der Waals surface area contributed by atoms with Crippen molar-refractivity contribution < 1.29 is 4.79 Å². The van der Waals surface area contributed by atoms with Crippen molar-refractivity contribution in [2.24, 2.45) is 0 Å². The number of rotatable bonds is 3. The van der Waals surface area contributed by atoms with Gasteiger partial charge in [-0.05, 0) is 31.0 Å². The second-order valence-electron chi connectivity index (χ2n) is 4.94. The highest BCUT2D eigenvalue weighted by molar-refractivity contribution is 5.93. The molecule has 0 saturated heterocycles. The third-order valence-electron chi connectivity index (χ3n) is 3.19. The van der Waals surface area contributed by atoms with E-state index in [2.05, 4.69) is 37.0 Å². The normalized spacial score (nSPS) is 10.5. The van der Waals surface area contributed by atoms with E-state index >= 15 is 0 Å². The van der Waals surface area contributed by atoms with Crippen LogP contribution in [0.1, 0.15) is 27.2 Å². The number of anilines is 1. The van der Waals surface area contributed by atoms with Gasteiger partial charge in [-0.15, -0.1) is 0 Å². The minimum Gasteiger partial charge on any atom is -0.397 e. The highest BCUT2D eigenvalue weighted by Crippen LogP contribution is 2.14. The highest BCUT2D eigenvalue weighted by Gasteiger charge is 2.14. The van der Waals surface area contributed by atoms with Crippen LogP contribution in [0, 0.1) is 13.8 Å². The number of amides is 1. The van der Waals surface area contributed by atoms with E-state index in [-0.39, 0.29) is 5.91 Å². The minimum atomic E-state index is -0.0586. The van der Waals surface area contributed by atoms with E-state index in [1.807, 2.05) is 0 Å². The Kier molecular flexibility index (Phi) is 3.60. The Morgan fingerprint density at radius 3 is 2.63 bits per heavy atom. The first kappa shape index (κ1) is 13.2. The topological polar surface area (TPSA) is 62.1 Å². The van der Waals surface area contributed by atoms with Crippen LogP contribution in [-0.2, 0) is 6.54 Å². The van der Waals surface area contributed by atoms with E-state index in [0.29, 0.717) is 17.9 Å². The summed E-state index contributed by atoms with van der Waals surface area (Å²) in [5.74, 6) is -0.0586. The van der Waals surface area contributed by atoms with Gasteiger partial charge in [0.2, 0.25) is 0 Å². The van der Waals surface area contributed by atoms with Crippen LogP contribution in [0.15, 0.2) is 30.5 Å². The van der Waals surface area contributed by atoms with Gasteiger partial charge in [-0.25, -0.2) is 0 Å². The van der Waals surface area contributed by atoms with Crippen LogP contribution < -0.4 is 5.73 Å². The first-order chi connectivity index (χ1) is 8.97. The van der Waals surface area contributed by atoms with Gasteiger partial charge in [0.15, 0.2) is 0 Å². The predicted octanol–water partition coefficient (Wildman–Crippen LogP) is 2.49. The Bertz CT molecular complexity index is 601. The molecule has 100 valence electrons. The van der Waals surface area contributed by atoms with E-state index in [1.165, 1.54) is 11.1 Å². The summed E-state index contributed by atoms with van der Waals surface area (Å²) >= 11 is 0. The van der Waals surface area contributed by atoms with E-state index in [1.54, 1.807) is 24.2 Å². The standard InChI is InChI=1S/C15H19N3O/c1-10-4-5-12(11(2)6-10)9-18(3)15(19)14-7-13(16)8-17-14/h4-8,17H,9,16H2,1-3H3. The van der Waals surface area contributed by atoms with E-state index in [0.717, 1.165) is 5.56 Å². The van der Waals surface area contributed by atoms with Crippen LogP contribution in [0.4, 0.5) is 5.69 Å². The molecule has 0 fully saturated rings. The van der Waals surface area contributed by atoms with E-state index in [9.17, 15) is 4.79 Å². The maximum absolute atomic E-state index is 12.2. The first-order valence-corrected chi connectivity index (χ1v) is 6.23. The molecular weight excluding hydrogens is 238 g/mol. The number of carbonyl (C=O) groups is 1. The summed E-state index contributed by atoms with van der Waals surface area (Å²) < 4.78 is 0. The summed E-state index contributed by atoms with van der Waals surface area (Å²) in [4.78, 5) is 16.7. The zero-order valence-electron chi connectivity index (χ0n) is 11.5. The number of nitrogen functional groups attached to an aromatic ring is 1. The van der Waals surface area contributed by atoms with Crippen LogP contribution in [0.3, 0.4) is 0 Å². The van der Waals surface area contributed by atoms with Crippen LogP contribution in [0.25, 0.3) is 0 Å². The van der Waals surface area contributed by atoms with Crippen molar-refractivity contribution in [3.63, 3.8) is 0 Å². The fourth-order valence-corrected chi connectivity index (χ4v) is 2.09. The summed E-state index contributed by atoms with van der Waals surface area (Å²) in [5, 5.41) is 0. The number of aromatic nitrogens is 1. The van der Waals surface area contributed by atoms with Gasteiger partial charge in [0.1, 0.15) is 5.69 Å². The van der Waals surface area contributed by atoms with Gasteiger partial charge in [0.05, 0.1) is 0 Å².